The number of carbonyl (C=O) groups is 2. The molecule has 0 radical (unpaired) electrons. The lowest BCUT2D eigenvalue weighted by Gasteiger charge is -2.04. The molecule has 0 aliphatic heterocycles. The number of rotatable bonds is 17. The molecular formula is C26H47B2N5O5. The zero-order chi connectivity index (χ0) is 27.6. The summed E-state index contributed by atoms with van der Waals surface area (Å²) in [4.78, 5) is 29.1. The van der Waals surface area contributed by atoms with Crippen LogP contribution in [0.1, 0.15) is 57.9 Å². The fourth-order valence-electron chi connectivity index (χ4n) is 2.98. The average molecular weight is 531 g/mol. The van der Waals surface area contributed by atoms with E-state index in [1.165, 1.54) is 0 Å². The van der Waals surface area contributed by atoms with E-state index in [0.29, 0.717) is 31.6 Å². The maximum atomic E-state index is 11.7. The highest BCUT2D eigenvalue weighted by Gasteiger charge is 2.04. The standard InChI is InChI=1S/C13H21BN2O2.C7H16BNO3.C5H6N2.CH4/c1-14(18)16-9-4-2-3-7-13(17)10-12-6-5-8-15-11-12;1-8(11)9-5-3-2-4-6-12-7-10;6-5-2-1-3-7-4-5;/h5-6,8,11,16,18H,2-4,7,9-10H2,1H3;7,9,11H,2-6H2,1H3;1-4H,6H2;1H4. The van der Waals surface area contributed by atoms with Crippen molar-refractivity contribution in [2.75, 3.05) is 25.4 Å². The van der Waals surface area contributed by atoms with Crippen molar-refractivity contribution in [3.05, 3.63) is 54.6 Å². The molecule has 0 unspecified atom stereocenters. The Bertz CT molecular complexity index is 790. The Kier molecular flexibility index (Phi) is 26.8. The molecule has 0 saturated heterocycles. The summed E-state index contributed by atoms with van der Waals surface area (Å²) in [5.41, 5.74) is 6.99. The van der Waals surface area contributed by atoms with Crippen molar-refractivity contribution >= 4 is 32.0 Å². The van der Waals surface area contributed by atoms with Crippen molar-refractivity contribution in [2.45, 2.75) is 72.4 Å². The van der Waals surface area contributed by atoms with Crippen LogP contribution in [0.3, 0.4) is 0 Å². The molecular weight excluding hydrogens is 484 g/mol. The number of aromatic nitrogens is 2. The van der Waals surface area contributed by atoms with Crippen molar-refractivity contribution in [3.8, 4) is 0 Å². The zero-order valence-electron chi connectivity index (χ0n) is 22.2. The SMILES string of the molecule is C.CB(O)NCCCCCC(=O)Cc1cccnc1.CB(O)NCCCCCOC=O.Nc1cccnc1. The number of nitrogens with two attached hydrogens (primary N) is 1. The van der Waals surface area contributed by atoms with Crippen molar-refractivity contribution in [1.29, 1.82) is 0 Å². The molecule has 6 N–H and O–H groups in total. The van der Waals surface area contributed by atoms with E-state index in [1.54, 1.807) is 50.6 Å². The monoisotopic (exact) mass is 531 g/mol. The summed E-state index contributed by atoms with van der Waals surface area (Å²) in [5.74, 6) is 0.270. The Labute approximate surface area is 229 Å². The van der Waals surface area contributed by atoms with Gasteiger partial charge >= 0.3 is 14.1 Å². The molecule has 0 saturated carbocycles. The van der Waals surface area contributed by atoms with Gasteiger partial charge < -0.3 is 31.0 Å². The third-order valence-corrected chi connectivity index (χ3v) is 4.83. The lowest BCUT2D eigenvalue weighted by Crippen LogP contribution is -2.31. The minimum atomic E-state index is -0.447. The van der Waals surface area contributed by atoms with Crippen LogP contribution in [0.5, 0.6) is 0 Å². The van der Waals surface area contributed by atoms with Gasteiger partial charge in [-0.15, -0.1) is 0 Å². The quantitative estimate of drug-likeness (QED) is 0.117. The van der Waals surface area contributed by atoms with Gasteiger partial charge in [0, 0.05) is 37.6 Å². The second-order valence-electron chi connectivity index (χ2n) is 8.46. The predicted molar refractivity (Wildman–Crippen MR) is 156 cm³/mol. The Morgan fingerprint density at radius 2 is 1.53 bits per heavy atom. The van der Waals surface area contributed by atoms with Crippen LogP contribution in [0.2, 0.25) is 13.6 Å². The van der Waals surface area contributed by atoms with Gasteiger partial charge in [0.15, 0.2) is 0 Å². The Morgan fingerprint density at radius 1 is 0.947 bits per heavy atom. The maximum Gasteiger partial charge on any atom is 0.373 e. The molecule has 2 aromatic heterocycles. The minimum Gasteiger partial charge on any atom is -0.468 e. The number of carbonyl (C=O) groups excluding carboxylic acids is 2. The first-order valence-electron chi connectivity index (χ1n) is 12.8. The Morgan fingerprint density at radius 3 is 1.97 bits per heavy atom. The van der Waals surface area contributed by atoms with Crippen LogP contribution >= 0.6 is 0 Å². The van der Waals surface area contributed by atoms with Gasteiger partial charge in [-0.3, -0.25) is 19.6 Å². The van der Waals surface area contributed by atoms with E-state index in [-0.39, 0.29) is 13.2 Å². The van der Waals surface area contributed by atoms with E-state index in [2.05, 4.69) is 25.2 Å². The van der Waals surface area contributed by atoms with Gasteiger partial charge in [-0.25, -0.2) is 0 Å². The highest BCUT2D eigenvalue weighted by Crippen LogP contribution is 2.05. The number of ether oxygens (including phenoxy) is 1. The molecule has 0 aliphatic rings. The lowest BCUT2D eigenvalue weighted by molar-refractivity contribution is -0.128. The van der Waals surface area contributed by atoms with Gasteiger partial charge in [-0.1, -0.05) is 19.9 Å². The summed E-state index contributed by atoms with van der Waals surface area (Å²) in [6, 6.07) is 7.38. The van der Waals surface area contributed by atoms with Gasteiger partial charge in [-0.2, -0.15) is 0 Å². The van der Waals surface area contributed by atoms with Crippen LogP contribution in [-0.2, 0) is 20.7 Å². The molecule has 0 fully saturated rings. The number of ketones is 1. The first-order chi connectivity index (χ1) is 17.8. The molecule has 12 heteroatoms. The molecule has 10 nitrogen and oxygen atoms in total. The topological polar surface area (TPSA) is 160 Å². The van der Waals surface area contributed by atoms with E-state index in [4.69, 9.17) is 15.8 Å². The number of Topliss-reactive ketones (excluding diaryl/α,β-unsaturated/α-hetero) is 1. The van der Waals surface area contributed by atoms with Gasteiger partial charge in [0.25, 0.3) is 6.47 Å². The zero-order valence-corrected chi connectivity index (χ0v) is 22.2. The van der Waals surface area contributed by atoms with Crippen LogP contribution in [0.15, 0.2) is 49.1 Å². The Hall–Kier alpha value is -2.79. The smallest absolute Gasteiger partial charge is 0.373 e. The minimum absolute atomic E-state index is 0. The summed E-state index contributed by atoms with van der Waals surface area (Å²) in [6.07, 6.45) is 13.7. The van der Waals surface area contributed by atoms with Crippen molar-refractivity contribution < 1.29 is 24.4 Å². The van der Waals surface area contributed by atoms with Crippen LogP contribution in [0.25, 0.3) is 0 Å². The van der Waals surface area contributed by atoms with Crippen molar-refractivity contribution in [2.24, 2.45) is 0 Å². The molecule has 0 aromatic carbocycles. The van der Waals surface area contributed by atoms with Crippen molar-refractivity contribution in [3.63, 3.8) is 0 Å². The van der Waals surface area contributed by atoms with Crippen LogP contribution < -0.4 is 16.2 Å². The van der Waals surface area contributed by atoms with Crippen LogP contribution in [0.4, 0.5) is 5.69 Å². The summed E-state index contributed by atoms with van der Waals surface area (Å²) in [6.45, 7) is 5.96. The average Bonchev–Trinajstić information content (AvgIpc) is 2.87. The molecule has 2 heterocycles. The highest BCUT2D eigenvalue weighted by molar-refractivity contribution is 6.45. The fourth-order valence-corrected chi connectivity index (χ4v) is 2.98. The van der Waals surface area contributed by atoms with E-state index < -0.39 is 14.1 Å². The summed E-state index contributed by atoms with van der Waals surface area (Å²) < 4.78 is 4.51. The predicted octanol–water partition coefficient (Wildman–Crippen LogP) is 2.78. The van der Waals surface area contributed by atoms with Crippen LogP contribution in [-0.4, -0.2) is 66.1 Å². The van der Waals surface area contributed by atoms with Crippen molar-refractivity contribution in [1.82, 2.24) is 20.4 Å². The fraction of sp³-hybridized carbons (Fsp3) is 0.538. The molecule has 2 rings (SSSR count). The lowest BCUT2D eigenvalue weighted by atomic mass is 9.89. The normalized spacial score (nSPS) is 9.47. The number of hydrogen-bond donors (Lipinski definition) is 5. The number of unbranched alkanes of at least 4 members (excludes halogenated alkanes) is 4. The maximum absolute atomic E-state index is 11.7. The molecule has 0 spiro atoms. The first-order valence-corrected chi connectivity index (χ1v) is 12.8. The van der Waals surface area contributed by atoms with E-state index in [1.807, 2.05) is 12.1 Å². The third kappa shape index (κ3) is 27.8. The number of nitrogen functional groups attached to an aromatic ring is 1. The molecule has 0 aliphatic carbocycles. The van der Waals surface area contributed by atoms with Gasteiger partial charge in [0.1, 0.15) is 5.78 Å². The second-order valence-corrected chi connectivity index (χ2v) is 8.46. The Balaban J connectivity index is 0. The summed E-state index contributed by atoms with van der Waals surface area (Å²) in [5, 5.41) is 23.6. The van der Waals surface area contributed by atoms with Crippen LogP contribution in [0, 0.1) is 0 Å². The largest absolute Gasteiger partial charge is 0.468 e. The van der Waals surface area contributed by atoms with Gasteiger partial charge in [-0.05, 0) is 82.6 Å². The summed E-state index contributed by atoms with van der Waals surface area (Å²) >= 11 is 0. The van der Waals surface area contributed by atoms with E-state index in [9.17, 15) is 9.59 Å². The van der Waals surface area contributed by atoms with Gasteiger partial charge in [0.05, 0.1) is 12.3 Å². The molecule has 38 heavy (non-hydrogen) atoms. The highest BCUT2D eigenvalue weighted by atomic mass is 16.5. The molecule has 2 aromatic rings. The van der Waals surface area contributed by atoms with E-state index >= 15 is 0 Å². The third-order valence-electron chi connectivity index (χ3n) is 4.83. The van der Waals surface area contributed by atoms with Gasteiger partial charge in [0.2, 0.25) is 0 Å². The molecule has 0 amide bonds. The number of anilines is 1. The second kappa shape index (κ2) is 27.3. The molecule has 0 bridgehead atoms. The number of pyridine rings is 2. The van der Waals surface area contributed by atoms with E-state index in [0.717, 1.165) is 57.2 Å². The number of nitrogens with zero attached hydrogens (tertiary/aromatic N) is 2. The molecule has 212 valence electrons. The first kappa shape index (κ1) is 37.4. The number of nitrogens with one attached hydrogen (secondary N) is 2. The summed E-state index contributed by atoms with van der Waals surface area (Å²) in [7, 11) is -0.881. The number of hydrogen-bond acceptors (Lipinski definition) is 10. The molecule has 0 atom stereocenters.